The third-order valence-electron chi connectivity index (χ3n) is 2.16. The monoisotopic (exact) mass is 193 g/mol. The predicted molar refractivity (Wildman–Crippen MR) is 42.7 cm³/mol. The van der Waals surface area contributed by atoms with Crippen molar-refractivity contribution in [2.24, 2.45) is 5.73 Å². The van der Waals surface area contributed by atoms with Crippen molar-refractivity contribution in [1.82, 2.24) is 0 Å². The molecule has 0 aromatic rings. The number of hydrogen-bond acceptors (Lipinski definition) is 6. The summed E-state index contributed by atoms with van der Waals surface area (Å²) in [6.07, 6.45) is -3.96. The van der Waals surface area contributed by atoms with Crippen LogP contribution in [0.25, 0.3) is 0 Å². The molecular formula is C7H15NO5. The third-order valence-corrected chi connectivity index (χ3v) is 2.16. The first-order valence-electron chi connectivity index (χ1n) is 4.02. The van der Waals surface area contributed by atoms with E-state index in [9.17, 15) is 10.2 Å². The lowest BCUT2D eigenvalue weighted by Gasteiger charge is -2.39. The van der Waals surface area contributed by atoms with Crippen molar-refractivity contribution in [3.63, 3.8) is 0 Å². The van der Waals surface area contributed by atoms with Gasteiger partial charge in [-0.05, 0) is 0 Å². The van der Waals surface area contributed by atoms with E-state index in [0.717, 1.165) is 0 Å². The molecule has 1 rings (SSSR count). The lowest BCUT2D eigenvalue weighted by atomic mass is 9.98. The molecule has 1 aliphatic heterocycles. The number of rotatable bonds is 2. The zero-order chi connectivity index (χ0) is 10.0. The molecule has 0 bridgehead atoms. The average molecular weight is 193 g/mol. The van der Waals surface area contributed by atoms with Crippen LogP contribution in [0.1, 0.15) is 0 Å². The number of hydrogen-bond donors (Lipinski definition) is 4. The van der Waals surface area contributed by atoms with Gasteiger partial charge in [-0.25, -0.2) is 0 Å². The van der Waals surface area contributed by atoms with Gasteiger partial charge in [-0.3, -0.25) is 0 Å². The fraction of sp³-hybridized carbons (Fsp3) is 1.00. The maximum absolute atomic E-state index is 9.40. The number of methoxy groups -OCH3 is 1. The number of nitrogens with two attached hydrogens (primary N) is 1. The Hall–Kier alpha value is -0.240. The fourth-order valence-corrected chi connectivity index (χ4v) is 1.32. The second-order valence-corrected chi connectivity index (χ2v) is 3.02. The molecule has 0 saturated carbocycles. The molecule has 0 aliphatic carbocycles. The molecule has 4 unspecified atom stereocenters. The van der Waals surface area contributed by atoms with Crippen molar-refractivity contribution in [3.05, 3.63) is 0 Å². The van der Waals surface area contributed by atoms with Gasteiger partial charge in [0.1, 0.15) is 18.3 Å². The lowest BCUT2D eigenvalue weighted by Crippen LogP contribution is -2.62. The van der Waals surface area contributed by atoms with E-state index in [1.807, 2.05) is 0 Å². The Morgan fingerprint density at radius 2 is 2.00 bits per heavy atom. The highest BCUT2D eigenvalue weighted by Gasteiger charge is 2.42. The van der Waals surface area contributed by atoms with E-state index in [1.165, 1.54) is 7.11 Å². The summed E-state index contributed by atoms with van der Waals surface area (Å²) in [7, 11) is 1.38. The minimum absolute atomic E-state index is 0.384. The van der Waals surface area contributed by atoms with Gasteiger partial charge in [0, 0.05) is 7.11 Å². The van der Waals surface area contributed by atoms with Gasteiger partial charge in [-0.2, -0.15) is 0 Å². The number of aliphatic hydroxyl groups excluding tert-OH is 3. The van der Waals surface area contributed by atoms with Crippen molar-refractivity contribution < 1.29 is 24.8 Å². The molecule has 6 nitrogen and oxygen atoms in total. The largest absolute Gasteiger partial charge is 0.394 e. The molecule has 0 aromatic carbocycles. The summed E-state index contributed by atoms with van der Waals surface area (Å²) >= 11 is 0. The van der Waals surface area contributed by atoms with E-state index in [0.29, 0.717) is 0 Å². The van der Waals surface area contributed by atoms with Gasteiger partial charge in [-0.1, -0.05) is 0 Å². The van der Waals surface area contributed by atoms with Gasteiger partial charge >= 0.3 is 0 Å². The first kappa shape index (κ1) is 10.8. The minimum Gasteiger partial charge on any atom is -0.394 e. The van der Waals surface area contributed by atoms with Crippen LogP contribution in [0.2, 0.25) is 0 Å². The van der Waals surface area contributed by atoms with E-state index in [-0.39, 0.29) is 6.61 Å². The number of aliphatic hydroxyl groups is 3. The van der Waals surface area contributed by atoms with E-state index in [1.54, 1.807) is 0 Å². The third kappa shape index (κ3) is 1.98. The van der Waals surface area contributed by atoms with Crippen molar-refractivity contribution in [1.29, 1.82) is 0 Å². The Bertz CT molecular complexity index is 147. The van der Waals surface area contributed by atoms with Crippen LogP contribution in [0, 0.1) is 0 Å². The second kappa shape index (κ2) is 4.32. The van der Waals surface area contributed by atoms with E-state index in [2.05, 4.69) is 0 Å². The van der Waals surface area contributed by atoms with Crippen molar-refractivity contribution >= 4 is 0 Å². The molecule has 1 aliphatic rings. The van der Waals surface area contributed by atoms with E-state index < -0.39 is 30.6 Å². The van der Waals surface area contributed by atoms with Gasteiger partial charge in [0.2, 0.25) is 0 Å². The average Bonchev–Trinajstić information content (AvgIpc) is 2.15. The Labute approximate surface area is 75.9 Å². The molecular weight excluding hydrogens is 178 g/mol. The van der Waals surface area contributed by atoms with Gasteiger partial charge in [0.05, 0.1) is 12.6 Å². The fourth-order valence-electron chi connectivity index (χ4n) is 1.32. The highest BCUT2D eigenvalue weighted by molar-refractivity contribution is 4.91. The first-order valence-corrected chi connectivity index (χ1v) is 4.02. The molecule has 1 heterocycles. The van der Waals surface area contributed by atoms with E-state index in [4.69, 9.17) is 20.3 Å². The van der Waals surface area contributed by atoms with Crippen LogP contribution in [0.3, 0.4) is 0 Å². The van der Waals surface area contributed by atoms with Gasteiger partial charge in [-0.15, -0.1) is 0 Å². The number of ether oxygens (including phenoxy) is 2. The summed E-state index contributed by atoms with van der Waals surface area (Å²) in [4.78, 5) is 0. The van der Waals surface area contributed by atoms with Crippen LogP contribution in [-0.4, -0.2) is 59.7 Å². The summed E-state index contributed by atoms with van der Waals surface area (Å²) in [5, 5.41) is 27.5. The Balaban J connectivity index is 2.66. The molecule has 1 fully saturated rings. The summed E-state index contributed by atoms with van der Waals surface area (Å²) in [5.41, 5.74) is 5.50. The molecule has 5 atom stereocenters. The standard InChI is InChI=1S/C7H15NO5/c1-12-7-4(8)6(11)5(10)3(2-9)13-7/h3-7,9-11H,2,8H2,1H3/t3?,4?,5-,6?,7?/m1/s1. The molecule has 0 aromatic heterocycles. The van der Waals surface area contributed by atoms with Gasteiger partial charge < -0.3 is 30.5 Å². The molecule has 13 heavy (non-hydrogen) atoms. The molecule has 1 saturated heterocycles. The Kier molecular flexibility index (Phi) is 3.60. The lowest BCUT2D eigenvalue weighted by molar-refractivity contribution is -0.257. The van der Waals surface area contributed by atoms with Crippen LogP contribution >= 0.6 is 0 Å². The van der Waals surface area contributed by atoms with Crippen molar-refractivity contribution in [2.75, 3.05) is 13.7 Å². The molecule has 5 N–H and O–H groups in total. The smallest absolute Gasteiger partial charge is 0.175 e. The van der Waals surface area contributed by atoms with Crippen molar-refractivity contribution in [2.45, 2.75) is 30.6 Å². The Morgan fingerprint density at radius 1 is 1.38 bits per heavy atom. The zero-order valence-electron chi connectivity index (χ0n) is 7.33. The second-order valence-electron chi connectivity index (χ2n) is 3.02. The van der Waals surface area contributed by atoms with Crippen LogP contribution in [0.5, 0.6) is 0 Å². The highest BCUT2D eigenvalue weighted by atomic mass is 16.7. The summed E-state index contributed by atoms with van der Waals surface area (Å²) in [6, 6.07) is -0.803. The van der Waals surface area contributed by atoms with Gasteiger partial charge in [0.15, 0.2) is 6.29 Å². The van der Waals surface area contributed by atoms with Crippen LogP contribution in [0.4, 0.5) is 0 Å². The quantitative estimate of drug-likeness (QED) is 0.383. The minimum atomic E-state index is -1.17. The molecule has 78 valence electrons. The summed E-state index contributed by atoms with van der Waals surface area (Å²) < 4.78 is 9.90. The predicted octanol–water partition coefficient (Wildman–Crippen LogP) is -2.60. The molecule has 6 heteroatoms. The Morgan fingerprint density at radius 3 is 2.46 bits per heavy atom. The van der Waals surface area contributed by atoms with Crippen LogP contribution in [-0.2, 0) is 9.47 Å². The van der Waals surface area contributed by atoms with Crippen LogP contribution < -0.4 is 5.73 Å². The maximum Gasteiger partial charge on any atom is 0.175 e. The van der Waals surface area contributed by atoms with Crippen LogP contribution in [0.15, 0.2) is 0 Å². The van der Waals surface area contributed by atoms with Crippen molar-refractivity contribution in [3.8, 4) is 0 Å². The molecule has 0 spiro atoms. The summed E-state index contributed by atoms with van der Waals surface area (Å²) in [6.45, 7) is -0.384. The topological polar surface area (TPSA) is 105 Å². The molecule has 0 amide bonds. The SMILES string of the molecule is COC1OC(CO)[C@@H](O)C(O)C1N. The summed E-state index contributed by atoms with van der Waals surface area (Å²) in [5.74, 6) is 0. The first-order chi connectivity index (χ1) is 6.11. The zero-order valence-corrected chi connectivity index (χ0v) is 7.33. The van der Waals surface area contributed by atoms with E-state index >= 15 is 0 Å². The maximum atomic E-state index is 9.40. The molecule has 0 radical (unpaired) electrons. The normalized spacial score (nSPS) is 46.4. The van der Waals surface area contributed by atoms with Gasteiger partial charge in [0.25, 0.3) is 0 Å². The highest BCUT2D eigenvalue weighted by Crippen LogP contribution is 2.19.